The molecule has 0 aliphatic heterocycles. The van der Waals surface area contributed by atoms with Crippen molar-refractivity contribution in [2.75, 3.05) is 14.1 Å². The minimum atomic E-state index is -1.02. The number of halogens is 2. The van der Waals surface area contributed by atoms with Crippen LogP contribution in [0.15, 0.2) is 52.9 Å². The Morgan fingerprint density at radius 3 is 2.61 bits per heavy atom. The van der Waals surface area contributed by atoms with Crippen molar-refractivity contribution >= 4 is 11.4 Å². The smallest absolute Gasteiger partial charge is 0.201 e. The third-order valence-corrected chi connectivity index (χ3v) is 7.24. The van der Waals surface area contributed by atoms with Crippen LogP contribution in [-0.2, 0) is 6.54 Å². The molecule has 1 aliphatic rings. The lowest BCUT2D eigenvalue weighted by Crippen LogP contribution is -2.40. The number of benzene rings is 1. The number of aliphatic hydroxyl groups is 1. The van der Waals surface area contributed by atoms with E-state index in [4.69, 9.17) is 10.5 Å². The van der Waals surface area contributed by atoms with Crippen LogP contribution in [0, 0.1) is 23.0 Å². The van der Waals surface area contributed by atoms with Gasteiger partial charge in [0.25, 0.3) is 0 Å². The molecular weight excluding hydrogens is 488 g/mol. The van der Waals surface area contributed by atoms with Crippen molar-refractivity contribution in [1.29, 1.82) is 0 Å². The van der Waals surface area contributed by atoms with E-state index in [-0.39, 0.29) is 17.8 Å². The number of allylic oxidation sites excluding steroid dienone is 1. The predicted octanol–water partition coefficient (Wildman–Crippen LogP) is 4.87. The molecule has 7 nitrogen and oxygen atoms in total. The van der Waals surface area contributed by atoms with Crippen LogP contribution < -0.4 is 15.8 Å². The molecule has 3 aromatic rings. The summed E-state index contributed by atoms with van der Waals surface area (Å²) in [6.07, 6.45) is 3.54. The molecule has 2 aromatic heterocycles. The molecule has 0 saturated heterocycles. The van der Waals surface area contributed by atoms with Gasteiger partial charge in [-0.05, 0) is 68.0 Å². The second-order valence-corrected chi connectivity index (χ2v) is 11.0. The Hall–Kier alpha value is -3.30. The van der Waals surface area contributed by atoms with Gasteiger partial charge >= 0.3 is 0 Å². The maximum Gasteiger partial charge on any atom is 0.201 e. The van der Waals surface area contributed by atoms with E-state index >= 15 is 4.39 Å². The zero-order valence-corrected chi connectivity index (χ0v) is 22.8. The van der Waals surface area contributed by atoms with E-state index in [0.717, 1.165) is 28.7 Å². The highest BCUT2D eigenvalue weighted by molar-refractivity contribution is 5.99. The molecule has 1 saturated carbocycles. The van der Waals surface area contributed by atoms with Gasteiger partial charge in [-0.2, -0.15) is 4.39 Å². The van der Waals surface area contributed by atoms with Gasteiger partial charge in [0.1, 0.15) is 11.8 Å². The molecule has 2 heterocycles. The summed E-state index contributed by atoms with van der Waals surface area (Å²) in [5.41, 5.74) is 10.8. The number of nitrogens with one attached hydrogen (secondary N) is 1. The number of pyridine rings is 1. The molecule has 9 heteroatoms. The van der Waals surface area contributed by atoms with Gasteiger partial charge in [0.2, 0.25) is 5.82 Å². The Balaban J connectivity index is 1.63. The minimum Gasteiger partial charge on any atom is -0.487 e. The third-order valence-electron chi connectivity index (χ3n) is 7.24. The van der Waals surface area contributed by atoms with Crippen molar-refractivity contribution in [1.82, 2.24) is 14.7 Å². The van der Waals surface area contributed by atoms with Crippen molar-refractivity contribution < 1.29 is 18.6 Å². The zero-order chi connectivity index (χ0) is 27.8. The first-order chi connectivity index (χ1) is 18.0. The second-order valence-electron chi connectivity index (χ2n) is 11.0. The molecule has 1 fully saturated rings. The molecule has 1 unspecified atom stereocenters. The summed E-state index contributed by atoms with van der Waals surface area (Å²) in [7, 11) is 3.54. The third kappa shape index (κ3) is 5.31. The second kappa shape index (κ2) is 10.8. The quantitative estimate of drug-likeness (QED) is 0.365. The van der Waals surface area contributed by atoms with Gasteiger partial charge in [0.05, 0.1) is 18.0 Å². The van der Waals surface area contributed by atoms with Crippen LogP contribution in [0.25, 0.3) is 16.8 Å². The molecule has 4 rings (SSSR count). The van der Waals surface area contributed by atoms with Gasteiger partial charge in [-0.15, -0.1) is 0 Å². The van der Waals surface area contributed by atoms with Crippen LogP contribution in [-0.4, -0.2) is 46.5 Å². The lowest BCUT2D eigenvalue weighted by atomic mass is 9.73. The molecule has 4 N–H and O–H groups in total. The Morgan fingerprint density at radius 1 is 1.26 bits per heavy atom. The van der Waals surface area contributed by atoms with Crippen LogP contribution in [0.1, 0.15) is 46.2 Å². The van der Waals surface area contributed by atoms with Crippen LogP contribution >= 0.6 is 0 Å². The highest BCUT2D eigenvalue weighted by atomic mass is 19.2. The number of aliphatic imine (C=N–C) groups is 1. The van der Waals surface area contributed by atoms with Crippen LogP contribution in [0.2, 0.25) is 0 Å². The number of nitrogens with zero attached hydrogens (tertiary/aromatic N) is 3. The summed E-state index contributed by atoms with van der Waals surface area (Å²) in [6, 6.07) is 6.32. The largest absolute Gasteiger partial charge is 0.487 e. The number of aliphatic hydroxyl groups excluding tert-OH is 1. The van der Waals surface area contributed by atoms with Gasteiger partial charge in [-0.1, -0.05) is 20.8 Å². The van der Waals surface area contributed by atoms with E-state index in [1.807, 2.05) is 57.5 Å². The fourth-order valence-electron chi connectivity index (χ4n) is 4.92. The predicted molar refractivity (Wildman–Crippen MR) is 146 cm³/mol. The number of nitrogens with two attached hydrogens (primary N) is 1. The maximum atomic E-state index is 15.1. The lowest BCUT2D eigenvalue weighted by Gasteiger charge is -2.39. The molecule has 0 radical (unpaired) electrons. The van der Waals surface area contributed by atoms with E-state index < -0.39 is 23.2 Å². The van der Waals surface area contributed by atoms with Crippen molar-refractivity contribution in [2.24, 2.45) is 22.1 Å². The Morgan fingerprint density at radius 2 is 1.97 bits per heavy atom. The van der Waals surface area contributed by atoms with Gasteiger partial charge in [0, 0.05) is 42.3 Å². The number of fused-ring (bicyclic) bond motifs is 1. The standard InChI is InChI=1S/C29H37F2N5O2/c1-16(34-6)24(26(32)28(37)29(2,3)4)18-11-20(12-18)38-27-21(8-9-22(30)25(27)31)17-7-10-23-35-14-19(13-33-5)36(23)15-17/h7-10,14-15,18,20,28,33,37H,11-13,32H2,1-6H3/b26-24+,34-16?. The van der Waals surface area contributed by atoms with Crippen molar-refractivity contribution in [3.8, 4) is 16.9 Å². The van der Waals surface area contributed by atoms with Crippen LogP contribution in [0.5, 0.6) is 5.75 Å². The fourth-order valence-corrected chi connectivity index (χ4v) is 4.92. The summed E-state index contributed by atoms with van der Waals surface area (Å²) in [6.45, 7) is 8.24. The van der Waals surface area contributed by atoms with Crippen LogP contribution in [0.3, 0.4) is 0 Å². The Kier molecular flexibility index (Phi) is 7.90. The Bertz CT molecular complexity index is 1380. The topological polar surface area (TPSA) is 97.2 Å². The minimum absolute atomic E-state index is 0.00725. The number of hydrogen-bond donors (Lipinski definition) is 3. The monoisotopic (exact) mass is 525 g/mol. The Labute approximate surface area is 222 Å². The fraction of sp³-hybridized carbons (Fsp3) is 0.448. The summed E-state index contributed by atoms with van der Waals surface area (Å²) in [4.78, 5) is 8.71. The van der Waals surface area contributed by atoms with E-state index in [2.05, 4.69) is 15.3 Å². The average molecular weight is 526 g/mol. The average Bonchev–Trinajstić information content (AvgIpc) is 3.25. The van der Waals surface area contributed by atoms with Gasteiger partial charge in [-0.3, -0.25) is 4.99 Å². The summed E-state index contributed by atoms with van der Waals surface area (Å²) >= 11 is 0. The molecule has 204 valence electrons. The summed E-state index contributed by atoms with van der Waals surface area (Å²) < 4.78 is 37.5. The van der Waals surface area contributed by atoms with Gasteiger partial charge in [-0.25, -0.2) is 9.37 Å². The molecule has 0 spiro atoms. The number of imidazole rings is 1. The zero-order valence-electron chi connectivity index (χ0n) is 22.8. The molecule has 0 bridgehead atoms. The van der Waals surface area contributed by atoms with Crippen molar-refractivity contribution in [2.45, 2.75) is 59.3 Å². The highest BCUT2D eigenvalue weighted by Crippen LogP contribution is 2.42. The number of hydrogen-bond acceptors (Lipinski definition) is 6. The molecule has 1 aliphatic carbocycles. The van der Waals surface area contributed by atoms with Crippen molar-refractivity contribution in [3.63, 3.8) is 0 Å². The normalized spacial score (nSPS) is 19.8. The lowest BCUT2D eigenvalue weighted by molar-refractivity contribution is 0.0718. The van der Waals surface area contributed by atoms with E-state index in [1.165, 1.54) is 6.07 Å². The number of ether oxygens (including phenoxy) is 1. The molecular formula is C29H37F2N5O2. The summed E-state index contributed by atoms with van der Waals surface area (Å²) in [5, 5.41) is 13.9. The summed E-state index contributed by atoms with van der Waals surface area (Å²) in [5.74, 6) is -2.10. The van der Waals surface area contributed by atoms with Crippen molar-refractivity contribution in [3.05, 3.63) is 65.3 Å². The molecule has 38 heavy (non-hydrogen) atoms. The SMILES string of the molecule is CN=C(C)/C(=C(\N)C(O)C(C)(C)C)C1CC(Oc2c(-c3ccc4ncc(CNC)n4c3)ccc(F)c2F)C1. The van der Waals surface area contributed by atoms with E-state index in [1.54, 1.807) is 13.2 Å². The molecule has 1 atom stereocenters. The van der Waals surface area contributed by atoms with Gasteiger partial charge < -0.3 is 25.3 Å². The number of aromatic nitrogens is 2. The molecule has 0 amide bonds. The first-order valence-corrected chi connectivity index (χ1v) is 12.8. The van der Waals surface area contributed by atoms with Gasteiger partial charge in [0.15, 0.2) is 11.6 Å². The van der Waals surface area contributed by atoms with E-state index in [0.29, 0.717) is 36.2 Å². The highest BCUT2D eigenvalue weighted by Gasteiger charge is 2.39. The first kappa shape index (κ1) is 27.7. The molecule has 1 aromatic carbocycles. The van der Waals surface area contributed by atoms with E-state index in [9.17, 15) is 9.50 Å². The first-order valence-electron chi connectivity index (χ1n) is 12.8. The number of rotatable bonds is 8. The maximum absolute atomic E-state index is 15.1. The van der Waals surface area contributed by atoms with Crippen LogP contribution in [0.4, 0.5) is 8.78 Å².